The zero-order valence-corrected chi connectivity index (χ0v) is 19.3. The maximum absolute atomic E-state index is 5.36. The molecule has 0 atom stereocenters. The van der Waals surface area contributed by atoms with Crippen molar-refractivity contribution < 1.29 is 14.2 Å². The molecule has 7 heteroatoms. The van der Waals surface area contributed by atoms with Gasteiger partial charge in [0.15, 0.2) is 17.5 Å². The van der Waals surface area contributed by atoms with Crippen molar-refractivity contribution in [2.75, 3.05) is 48.1 Å². The van der Waals surface area contributed by atoms with Gasteiger partial charge in [0.05, 0.1) is 14.2 Å². The molecule has 1 aliphatic rings. The molecule has 1 saturated carbocycles. The van der Waals surface area contributed by atoms with Gasteiger partial charge in [-0.25, -0.2) is 0 Å². The van der Waals surface area contributed by atoms with Crippen molar-refractivity contribution in [2.24, 2.45) is 10.4 Å². The van der Waals surface area contributed by atoms with Gasteiger partial charge >= 0.3 is 0 Å². The van der Waals surface area contributed by atoms with Crippen molar-refractivity contribution in [1.29, 1.82) is 0 Å². The summed E-state index contributed by atoms with van der Waals surface area (Å²) in [5, 5.41) is 6.88. The fourth-order valence-electron chi connectivity index (χ4n) is 3.36. The summed E-state index contributed by atoms with van der Waals surface area (Å²) < 4.78 is 15.9. The van der Waals surface area contributed by atoms with Gasteiger partial charge in [0, 0.05) is 33.9 Å². The fourth-order valence-corrected chi connectivity index (χ4v) is 3.36. The number of hydrogen-bond donors (Lipinski definition) is 2. The average Bonchev–Trinajstić information content (AvgIpc) is 2.65. The molecule has 1 aromatic carbocycles. The highest BCUT2D eigenvalue weighted by Gasteiger charge is 2.36. The summed E-state index contributed by atoms with van der Waals surface area (Å²) in [4.78, 5) is 4.34. The largest absolute Gasteiger partial charge is 0.493 e. The van der Waals surface area contributed by atoms with Crippen LogP contribution < -0.4 is 20.1 Å². The summed E-state index contributed by atoms with van der Waals surface area (Å²) in [6, 6.07) is 6.02. The molecule has 154 valence electrons. The van der Waals surface area contributed by atoms with E-state index in [2.05, 4.69) is 21.7 Å². The number of ether oxygens (including phenoxy) is 3. The normalized spacial score (nSPS) is 15.3. The van der Waals surface area contributed by atoms with Crippen molar-refractivity contribution >= 4 is 29.9 Å². The van der Waals surface area contributed by atoms with Crippen LogP contribution in [0, 0.1) is 5.41 Å². The Balaban J connectivity index is 0.00000364. The van der Waals surface area contributed by atoms with Gasteiger partial charge in [-0.05, 0) is 48.8 Å². The summed E-state index contributed by atoms with van der Waals surface area (Å²) in [6.07, 6.45) is 5.85. The lowest BCUT2D eigenvalue weighted by atomic mass is 9.67. The van der Waals surface area contributed by atoms with Gasteiger partial charge in [-0.2, -0.15) is 0 Å². The van der Waals surface area contributed by atoms with Gasteiger partial charge in [-0.1, -0.05) is 12.5 Å². The standard InChI is InChI=1S/C20H33N3O3.HI/c1-21-19(23-15-20(9-5-10-20)11-13-24-2)22-12-8-16-6-7-17(25-3)18(14-16)26-4;/h6-7,14H,5,8-13,15H2,1-4H3,(H2,21,22,23);1H. The van der Waals surface area contributed by atoms with Crippen LogP contribution in [0.4, 0.5) is 0 Å². The summed E-state index contributed by atoms with van der Waals surface area (Å²) in [6.45, 7) is 2.58. The average molecular weight is 491 g/mol. The first-order valence-electron chi connectivity index (χ1n) is 9.31. The molecular weight excluding hydrogens is 457 g/mol. The molecule has 0 heterocycles. The first kappa shape index (κ1) is 23.8. The van der Waals surface area contributed by atoms with Crippen molar-refractivity contribution in [2.45, 2.75) is 32.1 Å². The predicted octanol–water partition coefficient (Wildman–Crippen LogP) is 3.24. The highest BCUT2D eigenvalue weighted by atomic mass is 127. The molecule has 0 unspecified atom stereocenters. The summed E-state index contributed by atoms with van der Waals surface area (Å²) in [7, 11) is 6.89. The van der Waals surface area contributed by atoms with E-state index in [0.717, 1.165) is 50.0 Å². The molecule has 2 N–H and O–H groups in total. The minimum absolute atomic E-state index is 0. The zero-order chi connectivity index (χ0) is 18.8. The van der Waals surface area contributed by atoms with E-state index in [0.29, 0.717) is 5.41 Å². The molecule has 1 aromatic rings. The van der Waals surface area contributed by atoms with E-state index in [1.807, 2.05) is 19.2 Å². The highest BCUT2D eigenvalue weighted by Crippen LogP contribution is 2.43. The lowest BCUT2D eigenvalue weighted by molar-refractivity contribution is 0.0732. The summed E-state index contributed by atoms with van der Waals surface area (Å²) >= 11 is 0. The molecule has 0 radical (unpaired) electrons. The van der Waals surface area contributed by atoms with Crippen molar-refractivity contribution in [1.82, 2.24) is 10.6 Å². The second-order valence-corrected chi connectivity index (χ2v) is 6.89. The van der Waals surface area contributed by atoms with Crippen molar-refractivity contribution in [3.8, 4) is 11.5 Å². The minimum Gasteiger partial charge on any atom is -0.493 e. The third kappa shape index (κ3) is 7.03. The second-order valence-electron chi connectivity index (χ2n) is 6.89. The number of hydrogen-bond acceptors (Lipinski definition) is 4. The van der Waals surface area contributed by atoms with Crippen LogP contribution in [-0.4, -0.2) is 54.0 Å². The Labute approximate surface area is 180 Å². The van der Waals surface area contributed by atoms with E-state index in [-0.39, 0.29) is 24.0 Å². The van der Waals surface area contributed by atoms with Crippen molar-refractivity contribution in [3.63, 3.8) is 0 Å². The molecule has 0 amide bonds. The molecule has 27 heavy (non-hydrogen) atoms. The molecule has 0 spiro atoms. The Hall–Kier alpha value is -1.22. The molecule has 0 saturated heterocycles. The predicted molar refractivity (Wildman–Crippen MR) is 121 cm³/mol. The molecule has 0 aliphatic heterocycles. The van der Waals surface area contributed by atoms with Crippen LogP contribution in [0.15, 0.2) is 23.2 Å². The summed E-state index contributed by atoms with van der Waals surface area (Å²) in [5.74, 6) is 2.37. The SMILES string of the molecule is CN=C(NCCc1ccc(OC)c(OC)c1)NCC1(CCOC)CCC1.I. The number of guanidine groups is 1. The third-order valence-corrected chi connectivity index (χ3v) is 5.26. The first-order chi connectivity index (χ1) is 12.7. The van der Waals surface area contributed by atoms with Crippen LogP contribution >= 0.6 is 24.0 Å². The van der Waals surface area contributed by atoms with Gasteiger partial charge in [-0.3, -0.25) is 4.99 Å². The van der Waals surface area contributed by atoms with E-state index in [1.165, 1.54) is 24.8 Å². The van der Waals surface area contributed by atoms with Crippen molar-refractivity contribution in [3.05, 3.63) is 23.8 Å². The lowest BCUT2D eigenvalue weighted by Crippen LogP contribution is -2.47. The van der Waals surface area contributed by atoms with Crippen LogP contribution in [0.3, 0.4) is 0 Å². The van der Waals surface area contributed by atoms with Gasteiger partial charge < -0.3 is 24.8 Å². The third-order valence-electron chi connectivity index (χ3n) is 5.26. The van der Waals surface area contributed by atoms with E-state index >= 15 is 0 Å². The number of nitrogens with one attached hydrogen (secondary N) is 2. The molecule has 0 bridgehead atoms. The van der Waals surface area contributed by atoms with E-state index in [9.17, 15) is 0 Å². The van der Waals surface area contributed by atoms with E-state index < -0.39 is 0 Å². The highest BCUT2D eigenvalue weighted by molar-refractivity contribution is 14.0. The number of halogens is 1. The molecule has 6 nitrogen and oxygen atoms in total. The minimum atomic E-state index is 0. The van der Waals surface area contributed by atoms with Gasteiger partial charge in [0.1, 0.15) is 0 Å². The van der Waals surface area contributed by atoms with Crippen LogP contribution in [0.1, 0.15) is 31.2 Å². The fraction of sp³-hybridized carbons (Fsp3) is 0.650. The van der Waals surface area contributed by atoms with E-state index in [1.54, 1.807) is 21.3 Å². The first-order valence-corrected chi connectivity index (χ1v) is 9.31. The Bertz CT molecular complexity index is 592. The van der Waals surface area contributed by atoms with Crippen LogP contribution in [0.5, 0.6) is 11.5 Å². The summed E-state index contributed by atoms with van der Waals surface area (Å²) in [5.41, 5.74) is 1.57. The second kappa shape index (κ2) is 12.3. The van der Waals surface area contributed by atoms with Gasteiger partial charge in [0.25, 0.3) is 0 Å². The number of rotatable bonds is 10. The molecule has 2 rings (SSSR count). The molecule has 1 fully saturated rings. The van der Waals surface area contributed by atoms with Gasteiger partial charge in [-0.15, -0.1) is 24.0 Å². The van der Waals surface area contributed by atoms with Crippen LogP contribution in [-0.2, 0) is 11.2 Å². The Morgan fingerprint density at radius 3 is 2.41 bits per heavy atom. The number of nitrogens with zero attached hydrogens (tertiary/aromatic N) is 1. The number of methoxy groups -OCH3 is 3. The Morgan fingerprint density at radius 2 is 1.85 bits per heavy atom. The maximum Gasteiger partial charge on any atom is 0.191 e. The van der Waals surface area contributed by atoms with Crippen LogP contribution in [0.25, 0.3) is 0 Å². The topological polar surface area (TPSA) is 64.1 Å². The number of aliphatic imine (C=N–C) groups is 1. The van der Waals surface area contributed by atoms with Gasteiger partial charge in [0.2, 0.25) is 0 Å². The quantitative estimate of drug-likeness (QED) is 0.299. The number of benzene rings is 1. The Kier molecular flexibility index (Phi) is 10.8. The molecule has 0 aromatic heterocycles. The van der Waals surface area contributed by atoms with Crippen LogP contribution in [0.2, 0.25) is 0 Å². The smallest absolute Gasteiger partial charge is 0.191 e. The van der Waals surface area contributed by atoms with E-state index in [4.69, 9.17) is 14.2 Å². The lowest BCUT2D eigenvalue weighted by Gasteiger charge is -2.42. The maximum atomic E-state index is 5.36. The molecule has 1 aliphatic carbocycles. The molecular formula is C20H34IN3O3. The zero-order valence-electron chi connectivity index (χ0n) is 17.0. The Morgan fingerprint density at radius 1 is 1.11 bits per heavy atom. The monoisotopic (exact) mass is 491 g/mol.